The maximum absolute atomic E-state index is 14.2. The summed E-state index contributed by atoms with van der Waals surface area (Å²) in [6.45, 7) is 4.22. The number of likely N-dealkylation sites (tertiary alicyclic amines) is 1. The average Bonchev–Trinajstić information content (AvgIpc) is 2.95. The van der Waals surface area contributed by atoms with E-state index in [2.05, 4.69) is 20.0 Å². The van der Waals surface area contributed by atoms with Crippen molar-refractivity contribution in [1.82, 2.24) is 20.0 Å². The lowest BCUT2D eigenvalue weighted by atomic mass is 9.94. The van der Waals surface area contributed by atoms with E-state index in [0.29, 0.717) is 23.9 Å². The maximum atomic E-state index is 14.2. The maximum Gasteiger partial charge on any atom is 0.250 e. The van der Waals surface area contributed by atoms with E-state index in [0.717, 1.165) is 38.2 Å². The van der Waals surface area contributed by atoms with Crippen molar-refractivity contribution in [2.45, 2.75) is 32.7 Å². The summed E-state index contributed by atoms with van der Waals surface area (Å²) in [6.07, 6.45) is 4.61. The number of piperidine rings is 1. The third-order valence-corrected chi connectivity index (χ3v) is 4.17. The summed E-state index contributed by atoms with van der Waals surface area (Å²) >= 11 is 0. The number of aromatic nitrogens is 3. The molecule has 0 bridgehead atoms. The van der Waals surface area contributed by atoms with Gasteiger partial charge in [0.25, 0.3) is 0 Å². The Balaban J connectivity index is 1.62. The second kappa shape index (κ2) is 7.04. The third kappa shape index (κ3) is 3.85. The fraction of sp³-hybridized carbons (Fsp3) is 0.562. The second-order valence-corrected chi connectivity index (χ2v) is 5.97. The van der Waals surface area contributed by atoms with Gasteiger partial charge in [-0.25, -0.2) is 9.37 Å². The summed E-state index contributed by atoms with van der Waals surface area (Å²) in [5, 5.41) is 3.97. The Bertz CT molecular complexity index is 661. The van der Waals surface area contributed by atoms with Gasteiger partial charge in [0.1, 0.15) is 0 Å². The molecule has 0 amide bonds. The van der Waals surface area contributed by atoms with Gasteiger partial charge in [-0.05, 0) is 31.4 Å². The molecule has 3 rings (SSSR count). The molecular weight excluding hydrogens is 299 g/mol. The molecule has 1 fully saturated rings. The Hall–Kier alpha value is -2.02. The molecule has 0 aliphatic carbocycles. The Morgan fingerprint density at radius 2 is 2.35 bits per heavy atom. The molecule has 7 heteroatoms. The number of methoxy groups -OCH3 is 1. The van der Waals surface area contributed by atoms with Gasteiger partial charge in [-0.15, -0.1) is 0 Å². The zero-order valence-electron chi connectivity index (χ0n) is 13.5. The van der Waals surface area contributed by atoms with Crippen molar-refractivity contribution in [3.63, 3.8) is 0 Å². The minimum absolute atomic E-state index is 0.0540. The van der Waals surface area contributed by atoms with Gasteiger partial charge in [0.2, 0.25) is 11.8 Å². The summed E-state index contributed by atoms with van der Waals surface area (Å²) in [7, 11) is 1.43. The van der Waals surface area contributed by atoms with E-state index < -0.39 is 0 Å². The van der Waals surface area contributed by atoms with Crippen LogP contribution < -0.4 is 4.74 Å². The van der Waals surface area contributed by atoms with Crippen molar-refractivity contribution < 1.29 is 13.7 Å². The van der Waals surface area contributed by atoms with Crippen LogP contribution in [0.4, 0.5) is 4.39 Å². The largest absolute Gasteiger partial charge is 0.479 e. The van der Waals surface area contributed by atoms with Crippen LogP contribution in [0.2, 0.25) is 0 Å². The predicted molar refractivity (Wildman–Crippen MR) is 81.5 cm³/mol. The normalized spacial score (nSPS) is 19.0. The zero-order valence-corrected chi connectivity index (χ0v) is 13.5. The van der Waals surface area contributed by atoms with Crippen LogP contribution in [0.25, 0.3) is 0 Å². The van der Waals surface area contributed by atoms with Crippen LogP contribution in [-0.4, -0.2) is 40.2 Å². The van der Waals surface area contributed by atoms with Gasteiger partial charge >= 0.3 is 0 Å². The zero-order chi connectivity index (χ0) is 16.2. The second-order valence-electron chi connectivity index (χ2n) is 5.97. The van der Waals surface area contributed by atoms with E-state index in [9.17, 15) is 4.39 Å². The molecule has 1 aliphatic heterocycles. The van der Waals surface area contributed by atoms with Gasteiger partial charge in [0, 0.05) is 38.2 Å². The quantitative estimate of drug-likeness (QED) is 0.843. The van der Waals surface area contributed by atoms with Gasteiger partial charge in [-0.1, -0.05) is 5.16 Å². The molecule has 124 valence electrons. The van der Waals surface area contributed by atoms with Crippen LogP contribution in [0.15, 0.2) is 16.8 Å². The number of aryl methyl sites for hydroxylation is 1. The highest BCUT2D eigenvalue weighted by molar-refractivity contribution is 5.23. The van der Waals surface area contributed by atoms with Gasteiger partial charge in [-0.2, -0.15) is 4.98 Å². The predicted octanol–water partition coefficient (Wildman–Crippen LogP) is 2.38. The van der Waals surface area contributed by atoms with E-state index in [-0.39, 0.29) is 11.7 Å². The molecule has 0 spiro atoms. The lowest BCUT2D eigenvalue weighted by Crippen LogP contribution is -2.36. The number of nitrogens with zero attached hydrogens (tertiary/aromatic N) is 4. The number of ether oxygens (including phenoxy) is 1. The highest BCUT2D eigenvalue weighted by Crippen LogP contribution is 2.24. The topological polar surface area (TPSA) is 64.3 Å². The molecule has 0 N–H and O–H groups in total. The molecule has 1 atom stereocenters. The molecule has 3 heterocycles. The first-order valence-electron chi connectivity index (χ1n) is 7.84. The fourth-order valence-corrected chi connectivity index (χ4v) is 3.11. The SMILES string of the molecule is COc1nccc(CN2CCCC(Cc3noc(C)n3)C2)c1F. The lowest BCUT2D eigenvalue weighted by Gasteiger charge is -2.32. The van der Waals surface area contributed by atoms with Crippen molar-refractivity contribution in [2.75, 3.05) is 20.2 Å². The fourth-order valence-electron chi connectivity index (χ4n) is 3.11. The lowest BCUT2D eigenvalue weighted by molar-refractivity contribution is 0.163. The van der Waals surface area contributed by atoms with Crippen LogP contribution in [0, 0.1) is 18.7 Å². The molecule has 23 heavy (non-hydrogen) atoms. The molecule has 1 aliphatic rings. The van der Waals surface area contributed by atoms with Crippen molar-refractivity contribution in [3.8, 4) is 5.88 Å². The van der Waals surface area contributed by atoms with Crippen molar-refractivity contribution >= 4 is 0 Å². The standard InChI is InChI=1S/C16H21FN4O2/c1-11-19-14(20-23-11)8-12-4-3-7-21(9-12)10-13-5-6-18-16(22-2)15(13)17/h5-6,12H,3-4,7-10H2,1-2H3. The first kappa shape index (κ1) is 15.9. The van der Waals surface area contributed by atoms with Crippen LogP contribution in [0.5, 0.6) is 5.88 Å². The number of hydrogen-bond donors (Lipinski definition) is 0. The summed E-state index contributed by atoms with van der Waals surface area (Å²) in [4.78, 5) is 10.4. The number of halogens is 1. The van der Waals surface area contributed by atoms with E-state index in [1.807, 2.05) is 0 Å². The third-order valence-electron chi connectivity index (χ3n) is 4.17. The van der Waals surface area contributed by atoms with Crippen LogP contribution in [0.3, 0.4) is 0 Å². The molecule has 6 nitrogen and oxygen atoms in total. The van der Waals surface area contributed by atoms with Crippen molar-refractivity contribution in [3.05, 3.63) is 35.4 Å². The summed E-state index contributed by atoms with van der Waals surface area (Å²) < 4.78 is 24.2. The van der Waals surface area contributed by atoms with E-state index in [4.69, 9.17) is 9.26 Å². The molecule has 1 unspecified atom stereocenters. The first-order valence-corrected chi connectivity index (χ1v) is 7.84. The van der Waals surface area contributed by atoms with E-state index >= 15 is 0 Å². The van der Waals surface area contributed by atoms with E-state index in [1.54, 1.807) is 19.2 Å². The number of pyridine rings is 1. The Morgan fingerprint density at radius 3 is 3.09 bits per heavy atom. The average molecular weight is 320 g/mol. The van der Waals surface area contributed by atoms with Gasteiger partial charge in [0.15, 0.2) is 11.6 Å². The molecular formula is C16H21FN4O2. The minimum Gasteiger partial charge on any atom is -0.479 e. The van der Waals surface area contributed by atoms with Crippen LogP contribution in [-0.2, 0) is 13.0 Å². The monoisotopic (exact) mass is 320 g/mol. The van der Waals surface area contributed by atoms with Gasteiger partial charge in [0.05, 0.1) is 7.11 Å². The van der Waals surface area contributed by atoms with Crippen molar-refractivity contribution in [2.24, 2.45) is 5.92 Å². The molecule has 0 radical (unpaired) electrons. The molecule has 1 saturated heterocycles. The number of rotatable bonds is 5. The highest BCUT2D eigenvalue weighted by Gasteiger charge is 2.23. The van der Waals surface area contributed by atoms with Crippen LogP contribution >= 0.6 is 0 Å². The summed E-state index contributed by atoms with van der Waals surface area (Å²) in [6, 6.07) is 1.71. The molecule has 0 saturated carbocycles. The molecule has 2 aromatic heterocycles. The van der Waals surface area contributed by atoms with Gasteiger partial charge < -0.3 is 9.26 Å². The molecule has 0 aromatic carbocycles. The Morgan fingerprint density at radius 1 is 1.48 bits per heavy atom. The first-order chi connectivity index (χ1) is 11.2. The highest BCUT2D eigenvalue weighted by atomic mass is 19.1. The Kier molecular flexibility index (Phi) is 4.85. The Labute approximate surface area is 134 Å². The summed E-state index contributed by atoms with van der Waals surface area (Å²) in [5.41, 5.74) is 0.618. The minimum atomic E-state index is -0.370. The van der Waals surface area contributed by atoms with E-state index in [1.165, 1.54) is 7.11 Å². The smallest absolute Gasteiger partial charge is 0.250 e. The number of hydrogen-bond acceptors (Lipinski definition) is 6. The van der Waals surface area contributed by atoms with Crippen LogP contribution in [0.1, 0.15) is 30.1 Å². The van der Waals surface area contributed by atoms with Gasteiger partial charge in [-0.3, -0.25) is 4.90 Å². The summed E-state index contributed by atoms with van der Waals surface area (Å²) in [5.74, 6) is 1.50. The molecule has 2 aromatic rings. The van der Waals surface area contributed by atoms with Crippen molar-refractivity contribution in [1.29, 1.82) is 0 Å².